The molecule has 30 heavy (non-hydrogen) atoms. The lowest BCUT2D eigenvalue weighted by atomic mass is 10.0. The average molecular weight is 406 g/mol. The molecule has 1 aliphatic heterocycles. The van der Waals surface area contributed by atoms with E-state index in [-0.39, 0.29) is 11.9 Å². The molecule has 1 saturated heterocycles. The van der Waals surface area contributed by atoms with E-state index >= 15 is 0 Å². The topological polar surface area (TPSA) is 81.4 Å². The number of ether oxygens (including phenoxy) is 1. The van der Waals surface area contributed by atoms with Gasteiger partial charge in [-0.25, -0.2) is 9.97 Å². The Labute approximate surface area is 176 Å². The molecule has 7 nitrogen and oxygen atoms in total. The summed E-state index contributed by atoms with van der Waals surface area (Å²) in [4.78, 5) is 24.1. The predicted octanol–water partition coefficient (Wildman–Crippen LogP) is 4.05. The van der Waals surface area contributed by atoms with Crippen LogP contribution in [0.15, 0.2) is 41.1 Å². The van der Waals surface area contributed by atoms with Crippen molar-refractivity contribution in [2.45, 2.75) is 46.1 Å². The number of benzene rings is 1. The molecule has 0 N–H and O–H groups in total. The van der Waals surface area contributed by atoms with Crippen LogP contribution in [0.25, 0.3) is 11.3 Å². The van der Waals surface area contributed by atoms with E-state index in [2.05, 4.69) is 10.1 Å². The number of aromatic nitrogens is 3. The molecule has 7 heteroatoms. The third-order valence-corrected chi connectivity index (χ3v) is 5.31. The first-order valence-electron chi connectivity index (χ1n) is 10.3. The largest absolute Gasteiger partial charge is 0.494 e. The molecule has 1 aromatic carbocycles. The Bertz CT molecular complexity index is 1030. The van der Waals surface area contributed by atoms with Gasteiger partial charge in [-0.2, -0.15) is 0 Å². The molecule has 1 atom stereocenters. The van der Waals surface area contributed by atoms with Crippen molar-refractivity contribution >= 4 is 5.91 Å². The fraction of sp³-hybridized carbons (Fsp3) is 0.391. The zero-order chi connectivity index (χ0) is 21.1. The first-order valence-corrected chi connectivity index (χ1v) is 10.3. The minimum absolute atomic E-state index is 0.0950. The molecule has 0 unspecified atom stereocenters. The van der Waals surface area contributed by atoms with Crippen LogP contribution in [-0.2, 0) is 11.2 Å². The molecule has 1 fully saturated rings. The van der Waals surface area contributed by atoms with E-state index in [0.29, 0.717) is 24.6 Å². The lowest BCUT2D eigenvalue weighted by molar-refractivity contribution is -0.131. The summed E-state index contributed by atoms with van der Waals surface area (Å²) in [6, 6.07) is 9.50. The van der Waals surface area contributed by atoms with E-state index in [9.17, 15) is 4.79 Å². The molecule has 0 saturated carbocycles. The molecule has 1 aliphatic rings. The first-order chi connectivity index (χ1) is 14.5. The van der Waals surface area contributed by atoms with Crippen LogP contribution in [0.5, 0.6) is 5.75 Å². The van der Waals surface area contributed by atoms with Crippen LogP contribution in [0.3, 0.4) is 0 Å². The number of hydrogen-bond donors (Lipinski definition) is 0. The van der Waals surface area contributed by atoms with Crippen LogP contribution < -0.4 is 4.74 Å². The second kappa shape index (κ2) is 8.65. The molecule has 0 spiro atoms. The molecule has 3 aromatic rings. The van der Waals surface area contributed by atoms with E-state index in [1.807, 2.05) is 56.0 Å². The highest BCUT2D eigenvalue weighted by atomic mass is 16.5. The molecule has 0 bridgehead atoms. The Morgan fingerprint density at radius 2 is 2.07 bits per heavy atom. The molecule has 2 aromatic heterocycles. The number of carbonyl (C=O) groups excluding carboxylic acids is 1. The van der Waals surface area contributed by atoms with Gasteiger partial charge in [-0.1, -0.05) is 17.3 Å². The maximum Gasteiger partial charge on any atom is 0.227 e. The van der Waals surface area contributed by atoms with Gasteiger partial charge in [0.1, 0.15) is 11.6 Å². The quantitative estimate of drug-likeness (QED) is 0.614. The normalized spacial score (nSPS) is 16.1. The number of nitrogens with zero attached hydrogens (tertiary/aromatic N) is 4. The van der Waals surface area contributed by atoms with Gasteiger partial charge in [-0.05, 0) is 51.3 Å². The number of likely N-dealkylation sites (tertiary alicyclic amines) is 1. The molecular formula is C23H26N4O3. The van der Waals surface area contributed by atoms with Crippen molar-refractivity contribution < 1.29 is 14.1 Å². The van der Waals surface area contributed by atoms with Gasteiger partial charge in [-0.3, -0.25) is 4.79 Å². The van der Waals surface area contributed by atoms with Crippen molar-refractivity contribution in [2.24, 2.45) is 0 Å². The Hall–Kier alpha value is -3.22. The third kappa shape index (κ3) is 4.20. The summed E-state index contributed by atoms with van der Waals surface area (Å²) in [7, 11) is 0. The van der Waals surface area contributed by atoms with E-state index in [0.717, 1.165) is 47.7 Å². The maximum absolute atomic E-state index is 13.2. The predicted molar refractivity (Wildman–Crippen MR) is 112 cm³/mol. The summed E-state index contributed by atoms with van der Waals surface area (Å²) in [5.74, 6) is 2.22. The fourth-order valence-electron chi connectivity index (χ4n) is 3.92. The highest BCUT2D eigenvalue weighted by Crippen LogP contribution is 2.37. The molecule has 4 rings (SSSR count). The summed E-state index contributed by atoms with van der Waals surface area (Å²) in [5.41, 5.74) is 3.40. The highest BCUT2D eigenvalue weighted by molar-refractivity contribution is 5.80. The van der Waals surface area contributed by atoms with Crippen LogP contribution in [0, 0.1) is 13.8 Å². The third-order valence-electron chi connectivity index (χ3n) is 5.31. The van der Waals surface area contributed by atoms with Crippen LogP contribution in [0.2, 0.25) is 0 Å². The Balaban J connectivity index is 1.58. The Kier molecular flexibility index (Phi) is 5.79. The van der Waals surface area contributed by atoms with Crippen molar-refractivity contribution in [1.29, 1.82) is 0 Å². The van der Waals surface area contributed by atoms with E-state index in [4.69, 9.17) is 14.2 Å². The summed E-state index contributed by atoms with van der Waals surface area (Å²) >= 11 is 0. The van der Waals surface area contributed by atoms with Gasteiger partial charge in [0.15, 0.2) is 5.76 Å². The van der Waals surface area contributed by atoms with Gasteiger partial charge < -0.3 is 14.2 Å². The van der Waals surface area contributed by atoms with Gasteiger partial charge in [-0.15, -0.1) is 0 Å². The van der Waals surface area contributed by atoms with Crippen molar-refractivity contribution in [3.63, 3.8) is 0 Å². The molecular weight excluding hydrogens is 380 g/mol. The second-order valence-corrected chi connectivity index (χ2v) is 7.55. The number of rotatable bonds is 6. The van der Waals surface area contributed by atoms with Crippen LogP contribution >= 0.6 is 0 Å². The fourth-order valence-corrected chi connectivity index (χ4v) is 3.92. The van der Waals surface area contributed by atoms with Gasteiger partial charge >= 0.3 is 0 Å². The zero-order valence-corrected chi connectivity index (χ0v) is 17.6. The molecule has 156 valence electrons. The number of aryl methyl sites for hydroxylation is 2. The Morgan fingerprint density at radius 3 is 2.77 bits per heavy atom. The van der Waals surface area contributed by atoms with Gasteiger partial charge in [0.2, 0.25) is 5.91 Å². The maximum atomic E-state index is 13.2. The first kappa shape index (κ1) is 20.1. The highest BCUT2D eigenvalue weighted by Gasteiger charge is 2.33. The summed E-state index contributed by atoms with van der Waals surface area (Å²) in [6.07, 6.45) is 3.93. The van der Waals surface area contributed by atoms with E-state index < -0.39 is 0 Å². The van der Waals surface area contributed by atoms with Crippen molar-refractivity contribution in [2.75, 3.05) is 13.2 Å². The molecule has 3 heterocycles. The van der Waals surface area contributed by atoms with Gasteiger partial charge in [0.25, 0.3) is 0 Å². The van der Waals surface area contributed by atoms with Crippen molar-refractivity contribution in [3.05, 3.63) is 59.3 Å². The van der Waals surface area contributed by atoms with Crippen LogP contribution in [-0.4, -0.2) is 39.1 Å². The number of carbonyl (C=O) groups is 1. The van der Waals surface area contributed by atoms with Crippen molar-refractivity contribution in [1.82, 2.24) is 20.0 Å². The summed E-state index contributed by atoms with van der Waals surface area (Å²) in [5, 5.41) is 3.99. The minimum atomic E-state index is -0.0951. The average Bonchev–Trinajstić information content (AvgIpc) is 3.39. The van der Waals surface area contributed by atoms with Crippen LogP contribution in [0.1, 0.15) is 48.6 Å². The van der Waals surface area contributed by atoms with E-state index in [1.54, 1.807) is 6.20 Å². The molecule has 0 radical (unpaired) electrons. The van der Waals surface area contributed by atoms with Gasteiger partial charge in [0, 0.05) is 18.8 Å². The Morgan fingerprint density at radius 1 is 1.27 bits per heavy atom. The van der Waals surface area contributed by atoms with Gasteiger partial charge in [0.05, 0.1) is 36.0 Å². The number of hydrogen-bond acceptors (Lipinski definition) is 6. The minimum Gasteiger partial charge on any atom is -0.494 e. The smallest absolute Gasteiger partial charge is 0.227 e. The monoisotopic (exact) mass is 406 g/mol. The van der Waals surface area contributed by atoms with Crippen molar-refractivity contribution in [3.8, 4) is 17.1 Å². The number of amides is 1. The molecule has 0 aliphatic carbocycles. The summed E-state index contributed by atoms with van der Waals surface area (Å²) in [6.45, 7) is 7.04. The standard InChI is InChI=1S/C23H26N4O3/c1-4-29-18-9-7-17(8-10-18)13-22(28)27-11-5-6-20(27)23-19(14-24-16(3)25-23)21-12-15(2)26-30-21/h7-10,12,14,20H,4-6,11,13H2,1-3H3/t20-/m0/s1. The zero-order valence-electron chi connectivity index (χ0n) is 17.6. The lowest BCUT2D eigenvalue weighted by Crippen LogP contribution is -2.32. The summed E-state index contributed by atoms with van der Waals surface area (Å²) < 4.78 is 11.0. The van der Waals surface area contributed by atoms with Crippen LogP contribution in [0.4, 0.5) is 0 Å². The SMILES string of the molecule is CCOc1ccc(CC(=O)N2CCC[C@H]2c2nc(C)ncc2-c2cc(C)no2)cc1. The second-order valence-electron chi connectivity index (χ2n) is 7.55. The molecule has 1 amide bonds. The lowest BCUT2D eigenvalue weighted by Gasteiger charge is -2.26. The van der Waals surface area contributed by atoms with E-state index in [1.165, 1.54) is 0 Å².